The Balaban J connectivity index is 1.97. The van der Waals surface area contributed by atoms with E-state index in [1.54, 1.807) is 48.5 Å². The largest absolute Gasteiger partial charge is 0.289 e. The van der Waals surface area contributed by atoms with Crippen molar-refractivity contribution >= 4 is 86.2 Å². The van der Waals surface area contributed by atoms with Crippen LogP contribution in [0.1, 0.15) is 0 Å². The van der Waals surface area contributed by atoms with Gasteiger partial charge in [-0.1, -0.05) is 0 Å². The Morgan fingerprint density at radius 3 is 0.500 bits per heavy atom. The minimum absolute atomic E-state index is 0.0900. The predicted octanol–water partition coefficient (Wildman–Crippen LogP) is 4.42. The zero-order valence-corrected chi connectivity index (χ0v) is 16.3. The van der Waals surface area contributed by atoms with Gasteiger partial charge >= 0.3 is 0 Å². The number of hydrogen-bond acceptors (Lipinski definition) is 4. The van der Waals surface area contributed by atoms with Gasteiger partial charge in [0.2, 0.25) is 0 Å². The molecule has 4 heteroatoms. The van der Waals surface area contributed by atoms with Gasteiger partial charge in [0.1, 0.15) is 0 Å². The maximum absolute atomic E-state index is 13.4. The molecular formula is C28H8O4. The zero-order chi connectivity index (χ0) is 21.2. The summed E-state index contributed by atoms with van der Waals surface area (Å²) in [5.74, 6) is 0. The van der Waals surface area contributed by atoms with E-state index >= 15 is 0 Å². The smallest absolute Gasteiger partial charge is 0.194 e. The van der Waals surface area contributed by atoms with Crippen LogP contribution in [0.25, 0.3) is 86.2 Å². The van der Waals surface area contributed by atoms with Gasteiger partial charge < -0.3 is 0 Å². The van der Waals surface area contributed by atoms with Crippen molar-refractivity contribution in [2.24, 2.45) is 0 Å². The van der Waals surface area contributed by atoms with Crippen molar-refractivity contribution in [2.45, 2.75) is 0 Å². The van der Waals surface area contributed by atoms with Gasteiger partial charge in [-0.05, 0) is 48.5 Å². The molecule has 9 aromatic carbocycles. The van der Waals surface area contributed by atoms with E-state index in [4.69, 9.17) is 0 Å². The second-order valence-electron chi connectivity index (χ2n) is 8.96. The van der Waals surface area contributed by atoms with Gasteiger partial charge in [-0.15, -0.1) is 0 Å². The molecule has 0 spiro atoms. The molecule has 4 nitrogen and oxygen atoms in total. The summed E-state index contributed by atoms with van der Waals surface area (Å²) in [5.41, 5.74) is -0.360. The summed E-state index contributed by atoms with van der Waals surface area (Å²) in [6.45, 7) is 0. The van der Waals surface area contributed by atoms with Crippen LogP contribution in [0.2, 0.25) is 0 Å². The molecule has 0 amide bonds. The fourth-order valence-corrected chi connectivity index (χ4v) is 6.58. The molecule has 0 unspecified atom stereocenters. The first-order chi connectivity index (χ1) is 15.6. The molecular weight excluding hydrogens is 400 g/mol. The molecule has 0 fully saturated rings. The Labute approximate surface area is 175 Å². The fraction of sp³-hybridized carbons (Fsp3) is 0. The highest BCUT2D eigenvalue weighted by Crippen LogP contribution is 2.47. The zero-order valence-electron chi connectivity index (χ0n) is 16.3. The van der Waals surface area contributed by atoms with Crippen molar-refractivity contribution in [3.05, 3.63) is 89.4 Å². The van der Waals surface area contributed by atoms with E-state index in [0.717, 1.165) is 43.1 Å². The van der Waals surface area contributed by atoms with Crippen LogP contribution >= 0.6 is 0 Å². The summed E-state index contributed by atoms with van der Waals surface area (Å²) >= 11 is 0. The summed E-state index contributed by atoms with van der Waals surface area (Å²) in [7, 11) is 0. The maximum Gasteiger partial charge on any atom is 0.194 e. The van der Waals surface area contributed by atoms with Crippen molar-refractivity contribution in [1.82, 2.24) is 0 Å². The van der Waals surface area contributed by atoms with Gasteiger partial charge in [0.15, 0.2) is 21.7 Å². The average molecular weight is 408 g/mol. The molecule has 32 heavy (non-hydrogen) atoms. The molecule has 0 radical (unpaired) electrons. The summed E-state index contributed by atoms with van der Waals surface area (Å²) < 4.78 is 0. The lowest BCUT2D eigenvalue weighted by molar-refractivity contribution is 1.80. The standard InChI is InChI=1S/C28H8O4/c29-25-9-1-2-10-18-17(9)19-11(25)3-4-13-21(19)23-15(27(13)31)7-8-16-24(23)22-14(28(16)32)6-5-12(20(18)22)26(10)30/h1-8H. The molecule has 0 saturated carbocycles. The van der Waals surface area contributed by atoms with Crippen LogP contribution in [-0.4, -0.2) is 0 Å². The molecule has 0 aliphatic carbocycles. The van der Waals surface area contributed by atoms with Crippen molar-refractivity contribution in [1.29, 1.82) is 0 Å². The molecule has 0 N–H and O–H groups in total. The second kappa shape index (κ2) is 4.30. The van der Waals surface area contributed by atoms with E-state index in [1.165, 1.54) is 0 Å². The highest BCUT2D eigenvalue weighted by atomic mass is 16.1. The third-order valence-electron chi connectivity index (χ3n) is 7.78. The van der Waals surface area contributed by atoms with Crippen LogP contribution in [0, 0.1) is 0 Å². The molecule has 9 aromatic rings. The van der Waals surface area contributed by atoms with Crippen LogP contribution in [0.15, 0.2) is 67.7 Å². The third-order valence-corrected chi connectivity index (χ3v) is 7.78. The van der Waals surface area contributed by atoms with Gasteiger partial charge in [0.25, 0.3) is 0 Å². The van der Waals surface area contributed by atoms with Crippen molar-refractivity contribution in [2.75, 3.05) is 0 Å². The lowest BCUT2D eigenvalue weighted by Crippen LogP contribution is -1.97. The van der Waals surface area contributed by atoms with Crippen molar-refractivity contribution in [3.8, 4) is 0 Å². The first-order valence-electron chi connectivity index (χ1n) is 10.5. The third kappa shape index (κ3) is 1.24. The van der Waals surface area contributed by atoms with E-state index in [1.807, 2.05) is 0 Å². The van der Waals surface area contributed by atoms with E-state index in [0.29, 0.717) is 43.1 Å². The highest BCUT2D eigenvalue weighted by molar-refractivity contribution is 6.47. The van der Waals surface area contributed by atoms with Crippen LogP contribution in [0.5, 0.6) is 0 Å². The highest BCUT2D eigenvalue weighted by Gasteiger charge is 2.28. The van der Waals surface area contributed by atoms with Gasteiger partial charge in [0, 0.05) is 86.2 Å². The Kier molecular flexibility index (Phi) is 2.06. The summed E-state index contributed by atoms with van der Waals surface area (Å²) in [6, 6.07) is 13.8. The average Bonchev–Trinajstić information content (AvgIpc) is 3.46. The summed E-state index contributed by atoms with van der Waals surface area (Å²) in [5, 5.41) is 10.3. The second-order valence-corrected chi connectivity index (χ2v) is 8.96. The van der Waals surface area contributed by atoms with Crippen molar-refractivity contribution in [3.63, 3.8) is 0 Å². The molecule has 0 aliphatic rings. The van der Waals surface area contributed by atoms with Crippen LogP contribution in [-0.2, 0) is 0 Å². The van der Waals surface area contributed by atoms with Gasteiger partial charge in [-0.3, -0.25) is 19.2 Å². The SMILES string of the molecule is O=c1c2ccc3c(=O)c4ccc5c(=O)c6ccc7c(=O)c8ccc1c1c2c3c4c5c6c7c81. The van der Waals surface area contributed by atoms with E-state index in [-0.39, 0.29) is 21.7 Å². The molecule has 0 saturated heterocycles. The summed E-state index contributed by atoms with van der Waals surface area (Å²) in [4.78, 5) is 53.6. The van der Waals surface area contributed by atoms with Gasteiger partial charge in [-0.2, -0.15) is 0 Å². The lowest BCUT2D eigenvalue weighted by Gasteiger charge is -2.06. The molecule has 0 aromatic heterocycles. The van der Waals surface area contributed by atoms with Gasteiger partial charge in [0.05, 0.1) is 0 Å². The minimum Gasteiger partial charge on any atom is -0.289 e. The van der Waals surface area contributed by atoms with E-state index in [9.17, 15) is 19.2 Å². The quantitative estimate of drug-likeness (QED) is 0.373. The normalized spacial score (nSPS) is 13.5. The Bertz CT molecular complexity index is 1920. The predicted molar refractivity (Wildman–Crippen MR) is 130 cm³/mol. The lowest BCUT2D eigenvalue weighted by atomic mass is 9.95. The number of rotatable bonds is 0. The topological polar surface area (TPSA) is 68.3 Å². The van der Waals surface area contributed by atoms with Crippen LogP contribution in [0.3, 0.4) is 0 Å². The van der Waals surface area contributed by atoms with Crippen LogP contribution < -0.4 is 21.7 Å². The monoisotopic (exact) mass is 408 g/mol. The Morgan fingerprint density at radius 1 is 0.250 bits per heavy atom. The van der Waals surface area contributed by atoms with Crippen molar-refractivity contribution < 1.29 is 0 Å². The van der Waals surface area contributed by atoms with E-state index in [2.05, 4.69) is 0 Å². The van der Waals surface area contributed by atoms with Crippen LogP contribution in [0.4, 0.5) is 0 Å². The number of hydrogen-bond donors (Lipinski definition) is 0. The van der Waals surface area contributed by atoms with E-state index < -0.39 is 0 Å². The first-order valence-corrected chi connectivity index (χ1v) is 10.5. The molecule has 9 rings (SSSR count). The minimum atomic E-state index is -0.0900. The maximum atomic E-state index is 13.4. The first kappa shape index (κ1) is 15.4. The Hall–Kier alpha value is -4.44. The fourth-order valence-electron chi connectivity index (χ4n) is 6.58. The van der Waals surface area contributed by atoms with Gasteiger partial charge in [-0.25, -0.2) is 0 Å². The Morgan fingerprint density at radius 2 is 0.375 bits per heavy atom. The summed E-state index contributed by atoms with van der Waals surface area (Å²) in [6.07, 6.45) is 0. The molecule has 0 atom stereocenters. The molecule has 144 valence electrons. The number of benzene rings is 4. The molecule has 0 aliphatic heterocycles. The molecule has 0 bridgehead atoms. The molecule has 0 heterocycles.